The van der Waals surface area contributed by atoms with Crippen molar-refractivity contribution in [3.05, 3.63) is 77.3 Å². The summed E-state index contributed by atoms with van der Waals surface area (Å²) in [5.74, 6) is -0.476. The van der Waals surface area contributed by atoms with Gasteiger partial charge in [-0.2, -0.15) is 4.31 Å². The fourth-order valence-corrected chi connectivity index (χ4v) is 7.58. The molecule has 0 radical (unpaired) electrons. The summed E-state index contributed by atoms with van der Waals surface area (Å²) in [7, 11) is -6.54. The number of carbonyl (C=O) groups excluding carboxylic acids is 1. The third-order valence-electron chi connectivity index (χ3n) is 6.11. The van der Waals surface area contributed by atoms with Gasteiger partial charge < -0.3 is 10.1 Å². The van der Waals surface area contributed by atoms with Crippen LogP contribution >= 0.6 is 15.9 Å². The van der Waals surface area contributed by atoms with Gasteiger partial charge in [0.2, 0.25) is 15.9 Å². The van der Waals surface area contributed by atoms with Gasteiger partial charge in [-0.25, -0.2) is 16.8 Å². The van der Waals surface area contributed by atoms with Gasteiger partial charge in [-0.05, 0) is 67.4 Å². The number of carbonyl (C=O) groups is 1. The number of piperidine rings is 1. The van der Waals surface area contributed by atoms with Crippen molar-refractivity contribution in [2.45, 2.75) is 29.1 Å². The third kappa shape index (κ3) is 6.20. The van der Waals surface area contributed by atoms with Crippen molar-refractivity contribution in [1.29, 1.82) is 0 Å². The Morgan fingerprint density at radius 1 is 0.947 bits per heavy atom. The molecule has 0 bridgehead atoms. The van der Waals surface area contributed by atoms with Gasteiger partial charge in [-0.3, -0.25) is 9.10 Å². The van der Waals surface area contributed by atoms with Crippen LogP contribution < -0.4 is 14.4 Å². The van der Waals surface area contributed by atoms with Crippen molar-refractivity contribution in [2.24, 2.45) is 0 Å². The number of nitrogens with zero attached hydrogens (tertiary/aromatic N) is 2. The molecule has 0 atom stereocenters. The van der Waals surface area contributed by atoms with Gasteiger partial charge in [-0.15, -0.1) is 0 Å². The zero-order valence-corrected chi connectivity index (χ0v) is 23.9. The summed E-state index contributed by atoms with van der Waals surface area (Å²) in [6.45, 7) is 0.308. The van der Waals surface area contributed by atoms with Gasteiger partial charge in [0, 0.05) is 23.2 Å². The highest BCUT2D eigenvalue weighted by molar-refractivity contribution is 9.10. The Hall–Kier alpha value is -2.93. The van der Waals surface area contributed by atoms with Crippen LogP contribution in [0.25, 0.3) is 0 Å². The van der Waals surface area contributed by atoms with Crippen LogP contribution in [0.4, 0.5) is 11.4 Å². The molecule has 1 amide bonds. The van der Waals surface area contributed by atoms with Crippen LogP contribution in [0.3, 0.4) is 0 Å². The fraction of sp³-hybridized carbons (Fsp3) is 0.269. The summed E-state index contributed by atoms with van der Waals surface area (Å²) >= 11 is 3.34. The number of rotatable bonds is 9. The van der Waals surface area contributed by atoms with Crippen LogP contribution in [0, 0.1) is 0 Å². The Bertz CT molecular complexity index is 1490. The number of hydrogen-bond acceptors (Lipinski definition) is 6. The summed E-state index contributed by atoms with van der Waals surface area (Å²) in [5, 5.41) is 2.65. The Morgan fingerprint density at radius 3 is 2.24 bits per heavy atom. The highest BCUT2D eigenvalue weighted by Crippen LogP contribution is 2.31. The van der Waals surface area contributed by atoms with Crippen LogP contribution in [-0.2, 0) is 24.8 Å². The van der Waals surface area contributed by atoms with Crippen molar-refractivity contribution >= 4 is 53.3 Å². The molecule has 0 spiro atoms. The number of hydrogen-bond donors (Lipinski definition) is 1. The summed E-state index contributed by atoms with van der Waals surface area (Å²) in [4.78, 5) is 13.1. The van der Waals surface area contributed by atoms with Gasteiger partial charge in [0.25, 0.3) is 10.0 Å². The smallest absolute Gasteiger partial charge is 0.264 e. The summed E-state index contributed by atoms with van der Waals surface area (Å²) < 4.78 is 62.1. The van der Waals surface area contributed by atoms with Crippen molar-refractivity contribution in [1.82, 2.24) is 4.31 Å². The molecule has 3 aromatic rings. The van der Waals surface area contributed by atoms with E-state index in [1.165, 1.54) is 41.7 Å². The summed E-state index contributed by atoms with van der Waals surface area (Å²) in [6, 6.07) is 18.7. The van der Waals surface area contributed by atoms with Gasteiger partial charge >= 0.3 is 0 Å². The quantitative estimate of drug-likeness (QED) is 0.377. The maximum atomic E-state index is 13.5. The minimum absolute atomic E-state index is 0.0371. The molecular formula is C26H28BrN3O6S2. The first kappa shape index (κ1) is 28.1. The van der Waals surface area contributed by atoms with E-state index in [0.717, 1.165) is 28.0 Å². The molecule has 1 heterocycles. The number of anilines is 2. The standard InChI is InChI=1S/C26H28BrN3O6S2/c1-36-24-15-12-21(18-25(24)38(34,35)29-16-6-3-7-17-29)28-26(31)19-30(22-13-10-20(27)11-14-22)37(32,33)23-8-4-2-5-9-23/h2,4-5,8-15,18H,3,6-7,16-17,19H2,1H3,(H,28,31). The Kier molecular flexibility index (Phi) is 8.76. The number of benzene rings is 3. The molecule has 0 unspecified atom stereocenters. The monoisotopic (exact) mass is 621 g/mol. The van der Waals surface area contributed by atoms with Crippen molar-refractivity contribution in [2.75, 3.05) is 36.4 Å². The van der Waals surface area contributed by atoms with E-state index in [2.05, 4.69) is 21.2 Å². The molecule has 1 aliphatic heterocycles. The first-order chi connectivity index (χ1) is 18.1. The minimum Gasteiger partial charge on any atom is -0.495 e. The molecule has 1 aliphatic rings. The normalized spacial score (nSPS) is 14.6. The van der Waals surface area contributed by atoms with E-state index in [4.69, 9.17) is 4.74 Å². The molecule has 1 fully saturated rings. The Morgan fingerprint density at radius 2 is 1.61 bits per heavy atom. The van der Waals surface area contributed by atoms with Crippen molar-refractivity contribution < 1.29 is 26.4 Å². The molecule has 1 N–H and O–H groups in total. The topological polar surface area (TPSA) is 113 Å². The zero-order valence-electron chi connectivity index (χ0n) is 20.7. The second-order valence-electron chi connectivity index (χ2n) is 8.68. The highest BCUT2D eigenvalue weighted by Gasteiger charge is 2.30. The first-order valence-electron chi connectivity index (χ1n) is 11.9. The maximum absolute atomic E-state index is 13.5. The SMILES string of the molecule is COc1ccc(NC(=O)CN(c2ccc(Br)cc2)S(=O)(=O)c2ccccc2)cc1S(=O)(=O)N1CCCCC1. The average Bonchev–Trinajstić information content (AvgIpc) is 2.93. The second kappa shape index (κ2) is 11.9. The number of nitrogens with one attached hydrogen (secondary N) is 1. The molecular weight excluding hydrogens is 594 g/mol. The molecule has 0 aliphatic carbocycles. The van der Waals surface area contributed by atoms with E-state index < -0.39 is 32.5 Å². The van der Waals surface area contributed by atoms with E-state index >= 15 is 0 Å². The third-order valence-corrected chi connectivity index (χ3v) is 10.3. The second-order valence-corrected chi connectivity index (χ2v) is 13.4. The molecule has 202 valence electrons. The molecule has 0 saturated carbocycles. The lowest BCUT2D eigenvalue weighted by molar-refractivity contribution is -0.114. The van der Waals surface area contributed by atoms with Crippen LogP contribution in [0.5, 0.6) is 5.75 Å². The van der Waals surface area contributed by atoms with E-state index in [9.17, 15) is 21.6 Å². The molecule has 0 aromatic heterocycles. The van der Waals surface area contributed by atoms with Crippen LogP contribution in [0.1, 0.15) is 19.3 Å². The number of ether oxygens (including phenoxy) is 1. The summed E-state index contributed by atoms with van der Waals surface area (Å²) in [5.41, 5.74) is 0.509. The lowest BCUT2D eigenvalue weighted by Crippen LogP contribution is -2.38. The Balaban J connectivity index is 1.62. The number of amides is 1. The predicted octanol–water partition coefficient (Wildman–Crippen LogP) is 4.47. The van der Waals surface area contributed by atoms with Gasteiger partial charge in [0.15, 0.2) is 0 Å². The highest BCUT2D eigenvalue weighted by atomic mass is 79.9. The van der Waals surface area contributed by atoms with Crippen LogP contribution in [0.2, 0.25) is 0 Å². The number of halogens is 1. The molecule has 1 saturated heterocycles. The number of methoxy groups -OCH3 is 1. The minimum atomic E-state index is -4.08. The van der Waals surface area contributed by atoms with Crippen molar-refractivity contribution in [3.63, 3.8) is 0 Å². The number of sulfonamides is 2. The van der Waals surface area contributed by atoms with Crippen LogP contribution in [0.15, 0.2) is 87.1 Å². The molecule has 9 nitrogen and oxygen atoms in total. The summed E-state index contributed by atoms with van der Waals surface area (Å²) in [6.07, 6.45) is 2.53. The first-order valence-corrected chi connectivity index (χ1v) is 15.6. The lowest BCUT2D eigenvalue weighted by atomic mass is 10.2. The fourth-order valence-electron chi connectivity index (χ4n) is 4.17. The largest absolute Gasteiger partial charge is 0.495 e. The van der Waals surface area contributed by atoms with E-state index in [1.54, 1.807) is 42.5 Å². The van der Waals surface area contributed by atoms with Crippen molar-refractivity contribution in [3.8, 4) is 5.75 Å². The lowest BCUT2D eigenvalue weighted by Gasteiger charge is -2.27. The van der Waals surface area contributed by atoms with Gasteiger partial charge in [0.1, 0.15) is 17.2 Å². The Labute approximate surface area is 231 Å². The molecule has 3 aromatic carbocycles. The van der Waals surface area contributed by atoms with E-state index in [0.29, 0.717) is 18.8 Å². The van der Waals surface area contributed by atoms with E-state index in [1.807, 2.05) is 0 Å². The predicted molar refractivity (Wildman–Crippen MR) is 149 cm³/mol. The van der Waals surface area contributed by atoms with E-state index in [-0.39, 0.29) is 21.2 Å². The van der Waals surface area contributed by atoms with Crippen LogP contribution in [-0.4, -0.2) is 53.8 Å². The van der Waals surface area contributed by atoms with Gasteiger partial charge in [-0.1, -0.05) is 40.5 Å². The average molecular weight is 623 g/mol. The molecule has 4 rings (SSSR count). The molecule has 38 heavy (non-hydrogen) atoms. The molecule has 12 heteroatoms. The maximum Gasteiger partial charge on any atom is 0.264 e. The van der Waals surface area contributed by atoms with Gasteiger partial charge in [0.05, 0.1) is 17.7 Å². The zero-order chi connectivity index (χ0) is 27.3.